The summed E-state index contributed by atoms with van der Waals surface area (Å²) < 4.78 is 23.8. The first-order chi connectivity index (χ1) is 16.0. The molecular weight excluding hydrogens is 448 g/mol. The van der Waals surface area contributed by atoms with Crippen LogP contribution in [0.2, 0.25) is 0 Å². The van der Waals surface area contributed by atoms with Crippen LogP contribution in [0.5, 0.6) is 0 Å². The number of carbonyl (C=O) groups excluding carboxylic acids is 2. The Hall–Kier alpha value is -3.45. The van der Waals surface area contributed by atoms with Gasteiger partial charge in [0.1, 0.15) is 0 Å². The molecule has 7 heteroatoms. The van der Waals surface area contributed by atoms with Gasteiger partial charge in [0.25, 0.3) is 5.91 Å². The Morgan fingerprint density at radius 3 is 1.97 bits per heavy atom. The molecule has 0 saturated heterocycles. The van der Waals surface area contributed by atoms with Crippen LogP contribution in [0.25, 0.3) is 0 Å². The number of hydrogen-bond donors (Lipinski definition) is 1. The quantitative estimate of drug-likeness (QED) is 0.512. The van der Waals surface area contributed by atoms with E-state index in [1.807, 2.05) is 51.1 Å². The van der Waals surface area contributed by atoms with Gasteiger partial charge in [-0.2, -0.15) is 0 Å². The molecule has 0 heterocycles. The Morgan fingerprint density at radius 2 is 1.44 bits per heavy atom. The predicted molar refractivity (Wildman–Crippen MR) is 136 cm³/mol. The lowest BCUT2D eigenvalue weighted by Crippen LogP contribution is -2.46. The van der Waals surface area contributed by atoms with Crippen molar-refractivity contribution in [2.45, 2.75) is 44.6 Å². The van der Waals surface area contributed by atoms with Crippen LogP contribution in [-0.2, 0) is 21.1 Å². The lowest BCUT2D eigenvalue weighted by molar-refractivity contribution is -0.115. The number of sulfone groups is 1. The van der Waals surface area contributed by atoms with E-state index in [1.54, 1.807) is 48.2 Å². The van der Waals surface area contributed by atoms with Crippen LogP contribution in [0.1, 0.15) is 43.6 Å². The van der Waals surface area contributed by atoms with E-state index in [0.717, 1.165) is 5.69 Å². The van der Waals surface area contributed by atoms with E-state index in [4.69, 9.17) is 0 Å². The van der Waals surface area contributed by atoms with E-state index in [0.29, 0.717) is 16.8 Å². The average Bonchev–Trinajstić information content (AvgIpc) is 2.79. The molecule has 0 atom stereocenters. The summed E-state index contributed by atoms with van der Waals surface area (Å²) in [6, 6.07) is 22.7. The van der Waals surface area contributed by atoms with Crippen molar-refractivity contribution in [1.82, 2.24) is 0 Å². The maximum Gasteiger partial charge on any atom is 0.258 e. The Balaban J connectivity index is 1.68. The third-order valence-corrected chi connectivity index (χ3v) is 7.08. The minimum atomic E-state index is -3.27. The number of amides is 2. The number of nitrogens with zero attached hydrogens (tertiary/aromatic N) is 1. The highest BCUT2D eigenvalue weighted by Gasteiger charge is 2.28. The van der Waals surface area contributed by atoms with E-state index < -0.39 is 15.4 Å². The molecule has 0 saturated carbocycles. The summed E-state index contributed by atoms with van der Waals surface area (Å²) in [6.07, 6.45) is 0.110. The molecule has 0 fully saturated rings. The zero-order valence-electron chi connectivity index (χ0n) is 19.9. The molecule has 0 aromatic heterocycles. The summed E-state index contributed by atoms with van der Waals surface area (Å²) in [4.78, 5) is 27.7. The molecule has 2 amide bonds. The summed E-state index contributed by atoms with van der Waals surface area (Å²) in [5, 5.41) is 2.82. The predicted octanol–water partition coefficient (Wildman–Crippen LogP) is 5.11. The second kappa shape index (κ2) is 10.2. The summed E-state index contributed by atoms with van der Waals surface area (Å²) >= 11 is 0. The molecule has 0 aliphatic heterocycles. The minimum absolute atomic E-state index is 0.0319. The highest BCUT2D eigenvalue weighted by molar-refractivity contribution is 7.91. The van der Waals surface area contributed by atoms with Gasteiger partial charge in [-0.3, -0.25) is 9.59 Å². The number of para-hydroxylation sites is 1. The van der Waals surface area contributed by atoms with Gasteiger partial charge in [-0.15, -0.1) is 0 Å². The van der Waals surface area contributed by atoms with Gasteiger partial charge in [-0.25, -0.2) is 8.42 Å². The minimum Gasteiger partial charge on any atom is -0.326 e. The number of anilines is 2. The molecule has 0 spiro atoms. The van der Waals surface area contributed by atoms with Gasteiger partial charge in [0, 0.05) is 22.5 Å². The number of nitrogens with one attached hydrogen (secondary N) is 1. The fraction of sp³-hybridized carbons (Fsp3) is 0.259. The van der Waals surface area contributed by atoms with Crippen molar-refractivity contribution in [2.75, 3.05) is 16.0 Å². The Labute approximate surface area is 201 Å². The molecule has 6 nitrogen and oxygen atoms in total. The van der Waals surface area contributed by atoms with Crippen LogP contribution in [0.3, 0.4) is 0 Å². The molecule has 3 aromatic carbocycles. The van der Waals surface area contributed by atoms with Crippen molar-refractivity contribution in [3.63, 3.8) is 0 Å². The van der Waals surface area contributed by atoms with E-state index in [1.165, 1.54) is 12.1 Å². The monoisotopic (exact) mass is 478 g/mol. The molecule has 3 rings (SSSR count). The first-order valence-corrected chi connectivity index (χ1v) is 12.8. The Morgan fingerprint density at radius 1 is 0.853 bits per heavy atom. The number of benzene rings is 3. The van der Waals surface area contributed by atoms with E-state index in [9.17, 15) is 18.0 Å². The van der Waals surface area contributed by atoms with Crippen LogP contribution in [0.15, 0.2) is 83.8 Å². The standard InChI is InChI=1S/C27H30N2O4S/c1-5-34(32,33)24-17-11-20(12-18-24)19-25(30)28-22-15-13-21(14-16-22)26(31)29(27(2,3)4)23-9-7-6-8-10-23/h6-18H,5,19H2,1-4H3,(H,28,30). The SMILES string of the molecule is CCS(=O)(=O)c1ccc(CC(=O)Nc2ccc(C(=O)N(c3ccccc3)C(C)(C)C)cc2)cc1. The maximum absolute atomic E-state index is 13.3. The van der Waals surface area contributed by atoms with Crippen molar-refractivity contribution in [3.05, 3.63) is 90.0 Å². The molecule has 34 heavy (non-hydrogen) atoms. The van der Waals surface area contributed by atoms with Crippen molar-refractivity contribution in [1.29, 1.82) is 0 Å². The van der Waals surface area contributed by atoms with Gasteiger partial charge >= 0.3 is 0 Å². The summed E-state index contributed by atoms with van der Waals surface area (Å²) in [6.45, 7) is 7.54. The largest absolute Gasteiger partial charge is 0.326 e. The highest BCUT2D eigenvalue weighted by Crippen LogP contribution is 2.26. The van der Waals surface area contributed by atoms with Crippen LogP contribution < -0.4 is 10.2 Å². The summed E-state index contributed by atoms with van der Waals surface area (Å²) in [5.41, 5.74) is 2.20. The smallest absolute Gasteiger partial charge is 0.258 e. The average molecular weight is 479 g/mol. The van der Waals surface area contributed by atoms with Crippen LogP contribution in [-0.4, -0.2) is 31.5 Å². The molecular formula is C27H30N2O4S. The van der Waals surface area contributed by atoms with Gasteiger partial charge < -0.3 is 10.2 Å². The van der Waals surface area contributed by atoms with Crippen molar-refractivity contribution < 1.29 is 18.0 Å². The third-order valence-electron chi connectivity index (χ3n) is 5.33. The van der Waals surface area contributed by atoms with Crippen molar-refractivity contribution in [2.24, 2.45) is 0 Å². The molecule has 178 valence electrons. The fourth-order valence-electron chi connectivity index (χ4n) is 3.58. The lowest BCUT2D eigenvalue weighted by Gasteiger charge is -2.36. The topological polar surface area (TPSA) is 83.5 Å². The Kier molecular flexibility index (Phi) is 7.57. The lowest BCUT2D eigenvalue weighted by atomic mass is 10.0. The van der Waals surface area contributed by atoms with Crippen LogP contribution in [0.4, 0.5) is 11.4 Å². The Bertz CT molecular complexity index is 1240. The van der Waals surface area contributed by atoms with Gasteiger partial charge in [0.05, 0.1) is 17.1 Å². The zero-order valence-corrected chi connectivity index (χ0v) is 20.7. The fourth-order valence-corrected chi connectivity index (χ4v) is 4.47. The number of carbonyl (C=O) groups is 2. The second-order valence-electron chi connectivity index (χ2n) is 9.00. The third kappa shape index (κ3) is 6.11. The van der Waals surface area contributed by atoms with E-state index in [2.05, 4.69) is 5.32 Å². The molecule has 1 N–H and O–H groups in total. The summed E-state index contributed by atoms with van der Waals surface area (Å²) in [5.74, 6) is -0.325. The second-order valence-corrected chi connectivity index (χ2v) is 11.3. The molecule has 3 aromatic rings. The molecule has 0 aliphatic rings. The van der Waals surface area contributed by atoms with Crippen molar-refractivity contribution in [3.8, 4) is 0 Å². The molecule has 0 unspecified atom stereocenters. The molecule has 0 aliphatic carbocycles. The highest BCUT2D eigenvalue weighted by atomic mass is 32.2. The van der Waals surface area contributed by atoms with Crippen LogP contribution in [0, 0.1) is 0 Å². The summed E-state index contributed by atoms with van der Waals surface area (Å²) in [7, 11) is -3.27. The number of rotatable bonds is 7. The van der Waals surface area contributed by atoms with Gasteiger partial charge in [-0.05, 0) is 74.9 Å². The number of hydrogen-bond acceptors (Lipinski definition) is 4. The van der Waals surface area contributed by atoms with Gasteiger partial charge in [-0.1, -0.05) is 37.3 Å². The normalized spacial score (nSPS) is 11.6. The van der Waals surface area contributed by atoms with E-state index >= 15 is 0 Å². The van der Waals surface area contributed by atoms with Crippen molar-refractivity contribution >= 4 is 33.0 Å². The van der Waals surface area contributed by atoms with E-state index in [-0.39, 0.29) is 28.9 Å². The first-order valence-electron chi connectivity index (χ1n) is 11.1. The van der Waals surface area contributed by atoms with Gasteiger partial charge in [0.15, 0.2) is 9.84 Å². The van der Waals surface area contributed by atoms with Crippen LogP contribution >= 0.6 is 0 Å². The molecule has 0 bridgehead atoms. The van der Waals surface area contributed by atoms with Gasteiger partial charge in [0.2, 0.25) is 5.91 Å². The zero-order chi connectivity index (χ0) is 24.9. The molecule has 0 radical (unpaired) electrons. The maximum atomic E-state index is 13.3. The first kappa shape index (κ1) is 25.2.